The topological polar surface area (TPSA) is 62.1 Å². The highest BCUT2D eigenvalue weighted by atomic mass is 35.5. The molecule has 0 amide bonds. The van der Waals surface area contributed by atoms with E-state index in [1.165, 1.54) is 12.5 Å². The summed E-state index contributed by atoms with van der Waals surface area (Å²) in [5.74, 6) is 0.216. The lowest BCUT2D eigenvalue weighted by Gasteiger charge is -2.20. The molecule has 1 atom stereocenters. The fraction of sp³-hybridized carbons (Fsp3) is 0.320. The van der Waals surface area contributed by atoms with Gasteiger partial charge in [-0.25, -0.2) is 14.4 Å². The smallest absolute Gasteiger partial charge is 0.143 e. The number of halogens is 2. The largest absolute Gasteiger partial charge is 0.340 e. The number of likely N-dealkylation sites (tertiary alicyclic amines) is 1. The Bertz CT molecular complexity index is 1550. The van der Waals surface area contributed by atoms with Crippen LogP contribution in [0.2, 0.25) is 5.02 Å². The van der Waals surface area contributed by atoms with Crippen LogP contribution >= 0.6 is 22.9 Å². The first-order valence-corrected chi connectivity index (χ1v) is 12.8. The molecule has 0 spiro atoms. The summed E-state index contributed by atoms with van der Waals surface area (Å²) in [5.41, 5.74) is 1.65. The van der Waals surface area contributed by atoms with Crippen LogP contribution in [-0.2, 0) is 6.54 Å². The Morgan fingerprint density at radius 1 is 1.17 bits per heavy atom. The SMILES string of the molecule is CN(C)[C@@H]1CCN(CCn2cc3c(ccc4c3sc3ncnc(Nc5ccc(F)c(Cl)c5)c34)n2)C1. The minimum absolute atomic E-state index is 0.0655. The maximum absolute atomic E-state index is 13.6. The maximum Gasteiger partial charge on any atom is 0.143 e. The van der Waals surface area contributed by atoms with Crippen molar-refractivity contribution in [1.82, 2.24) is 29.5 Å². The zero-order valence-electron chi connectivity index (χ0n) is 19.5. The van der Waals surface area contributed by atoms with Crippen LogP contribution in [0.5, 0.6) is 0 Å². The molecule has 3 aromatic heterocycles. The number of benzene rings is 2. The van der Waals surface area contributed by atoms with Gasteiger partial charge in [-0.05, 0) is 51.3 Å². The molecule has 35 heavy (non-hydrogen) atoms. The molecule has 0 bridgehead atoms. The van der Waals surface area contributed by atoms with Crippen molar-refractivity contribution in [3.63, 3.8) is 0 Å². The fourth-order valence-corrected chi connectivity index (χ4v) is 6.14. The summed E-state index contributed by atoms with van der Waals surface area (Å²) in [7, 11) is 4.31. The highest BCUT2D eigenvalue weighted by molar-refractivity contribution is 7.26. The molecule has 0 radical (unpaired) electrons. The Morgan fingerprint density at radius 2 is 2.06 bits per heavy atom. The van der Waals surface area contributed by atoms with E-state index in [0.717, 1.165) is 57.4 Å². The third-order valence-electron chi connectivity index (χ3n) is 6.77. The van der Waals surface area contributed by atoms with Gasteiger partial charge in [-0.1, -0.05) is 17.7 Å². The molecule has 0 unspecified atom stereocenters. The Kier molecular flexibility index (Phi) is 5.80. The first-order valence-electron chi connectivity index (χ1n) is 11.6. The van der Waals surface area contributed by atoms with Gasteiger partial charge in [0.25, 0.3) is 0 Å². The van der Waals surface area contributed by atoms with Crippen LogP contribution in [-0.4, -0.2) is 69.3 Å². The lowest BCUT2D eigenvalue weighted by atomic mass is 10.1. The molecular formula is C25H25ClFN7S. The number of fused-ring (bicyclic) bond motifs is 5. The first-order chi connectivity index (χ1) is 17.0. The summed E-state index contributed by atoms with van der Waals surface area (Å²) in [4.78, 5) is 14.7. The van der Waals surface area contributed by atoms with Crippen LogP contribution < -0.4 is 5.32 Å². The number of thiophene rings is 1. The van der Waals surface area contributed by atoms with Gasteiger partial charge in [0, 0.05) is 46.5 Å². The Labute approximate surface area is 211 Å². The van der Waals surface area contributed by atoms with E-state index in [2.05, 4.69) is 62.2 Å². The number of rotatable bonds is 6. The molecule has 1 aliphatic rings. The monoisotopic (exact) mass is 509 g/mol. The summed E-state index contributed by atoms with van der Waals surface area (Å²) in [5, 5.41) is 11.3. The average Bonchev–Trinajstić information content (AvgIpc) is 3.56. The van der Waals surface area contributed by atoms with Gasteiger partial charge in [0.05, 0.1) is 22.5 Å². The minimum atomic E-state index is -0.451. The van der Waals surface area contributed by atoms with Crippen molar-refractivity contribution in [2.75, 3.05) is 39.0 Å². The first kappa shape index (κ1) is 22.6. The summed E-state index contributed by atoms with van der Waals surface area (Å²) >= 11 is 7.60. The van der Waals surface area contributed by atoms with Crippen LogP contribution in [0, 0.1) is 5.82 Å². The fourth-order valence-electron chi connectivity index (χ4n) is 4.81. The van der Waals surface area contributed by atoms with Crippen molar-refractivity contribution in [2.24, 2.45) is 0 Å². The molecule has 6 rings (SSSR count). The highest BCUT2D eigenvalue weighted by Crippen LogP contribution is 2.40. The van der Waals surface area contributed by atoms with Crippen LogP contribution in [0.25, 0.3) is 31.2 Å². The molecule has 0 aliphatic carbocycles. The van der Waals surface area contributed by atoms with Crippen LogP contribution in [0.4, 0.5) is 15.9 Å². The third-order valence-corrected chi connectivity index (χ3v) is 8.21. The van der Waals surface area contributed by atoms with E-state index >= 15 is 0 Å². The second-order valence-corrected chi connectivity index (χ2v) is 10.6. The molecule has 10 heteroatoms. The highest BCUT2D eigenvalue weighted by Gasteiger charge is 2.23. The zero-order valence-corrected chi connectivity index (χ0v) is 21.1. The molecule has 4 heterocycles. The number of anilines is 2. The Hall–Kier alpha value is -2.85. The second kappa shape index (κ2) is 8.98. The summed E-state index contributed by atoms with van der Waals surface area (Å²) < 4.78 is 16.8. The van der Waals surface area contributed by atoms with Crippen LogP contribution in [0.1, 0.15) is 6.42 Å². The number of hydrogen-bond donors (Lipinski definition) is 1. The van der Waals surface area contributed by atoms with E-state index in [4.69, 9.17) is 16.7 Å². The van der Waals surface area contributed by atoms with Gasteiger partial charge in [-0.15, -0.1) is 11.3 Å². The molecule has 7 nitrogen and oxygen atoms in total. The number of hydrogen-bond acceptors (Lipinski definition) is 7. The molecule has 0 saturated carbocycles. The van der Waals surface area contributed by atoms with Crippen molar-refractivity contribution in [1.29, 1.82) is 0 Å². The standard InChI is InChI=1S/C25H25ClFN7S/c1-32(2)16-7-8-33(12-16)9-10-34-13-18-21(31-34)6-4-17-22-24(28-14-29-25(22)35-23(17)18)30-15-3-5-20(27)19(26)11-15/h3-6,11,13-14,16H,7-10,12H2,1-2H3,(H,28,29,30)/t16-/m1/s1. The van der Waals surface area contributed by atoms with Gasteiger partial charge in [-0.3, -0.25) is 9.58 Å². The third kappa shape index (κ3) is 4.23. The predicted octanol–water partition coefficient (Wildman–Crippen LogP) is 5.37. The number of likely N-dealkylation sites (N-methyl/N-ethyl adjacent to an activating group) is 1. The van der Waals surface area contributed by atoms with Gasteiger partial charge >= 0.3 is 0 Å². The quantitative estimate of drug-likeness (QED) is 0.332. The van der Waals surface area contributed by atoms with Gasteiger partial charge in [0.15, 0.2) is 0 Å². The molecule has 1 aliphatic heterocycles. The number of nitrogens with one attached hydrogen (secondary N) is 1. The molecular weight excluding hydrogens is 485 g/mol. The second-order valence-electron chi connectivity index (χ2n) is 9.23. The lowest BCUT2D eigenvalue weighted by Crippen LogP contribution is -2.32. The molecule has 2 aromatic carbocycles. The van der Waals surface area contributed by atoms with E-state index in [1.54, 1.807) is 29.8 Å². The van der Waals surface area contributed by atoms with Gasteiger partial charge in [0.2, 0.25) is 0 Å². The molecule has 1 saturated heterocycles. The average molecular weight is 510 g/mol. The zero-order chi connectivity index (χ0) is 24.1. The van der Waals surface area contributed by atoms with Gasteiger partial charge in [-0.2, -0.15) is 5.10 Å². The van der Waals surface area contributed by atoms with E-state index in [-0.39, 0.29) is 5.02 Å². The maximum atomic E-state index is 13.6. The van der Waals surface area contributed by atoms with E-state index < -0.39 is 5.82 Å². The molecule has 1 fully saturated rings. The summed E-state index contributed by atoms with van der Waals surface area (Å²) in [6, 6.07) is 9.33. The van der Waals surface area contributed by atoms with E-state index in [0.29, 0.717) is 17.5 Å². The van der Waals surface area contributed by atoms with Crippen molar-refractivity contribution < 1.29 is 4.39 Å². The van der Waals surface area contributed by atoms with Gasteiger partial charge < -0.3 is 10.2 Å². The summed E-state index contributed by atoms with van der Waals surface area (Å²) in [6.45, 7) is 4.10. The van der Waals surface area contributed by atoms with Crippen molar-refractivity contribution >= 4 is 65.6 Å². The Balaban J connectivity index is 1.31. The van der Waals surface area contributed by atoms with Crippen LogP contribution in [0.3, 0.4) is 0 Å². The number of nitrogens with zero attached hydrogens (tertiary/aromatic N) is 6. The lowest BCUT2D eigenvalue weighted by molar-refractivity contribution is 0.261. The van der Waals surface area contributed by atoms with Gasteiger partial charge in [0.1, 0.15) is 22.8 Å². The predicted molar refractivity (Wildman–Crippen MR) is 141 cm³/mol. The van der Waals surface area contributed by atoms with Crippen molar-refractivity contribution in [3.05, 3.63) is 53.7 Å². The number of aromatic nitrogens is 4. The molecule has 5 aromatic rings. The van der Waals surface area contributed by atoms with E-state index in [1.807, 2.05) is 0 Å². The molecule has 1 N–H and O–H groups in total. The summed E-state index contributed by atoms with van der Waals surface area (Å²) in [6.07, 6.45) is 4.91. The van der Waals surface area contributed by atoms with Crippen LogP contribution in [0.15, 0.2) is 42.9 Å². The molecule has 180 valence electrons. The van der Waals surface area contributed by atoms with E-state index in [9.17, 15) is 4.39 Å². The van der Waals surface area contributed by atoms with Crippen molar-refractivity contribution in [2.45, 2.75) is 19.0 Å². The Morgan fingerprint density at radius 3 is 2.86 bits per heavy atom. The normalized spacial score (nSPS) is 16.9. The van der Waals surface area contributed by atoms with Crippen molar-refractivity contribution in [3.8, 4) is 0 Å². The minimum Gasteiger partial charge on any atom is -0.340 e.